The number of aromatic amines is 1. The Morgan fingerprint density at radius 3 is 2.83 bits per heavy atom. The van der Waals surface area contributed by atoms with Crippen LogP contribution in [0.15, 0.2) is 70.3 Å². The number of para-hydroxylation sites is 1. The van der Waals surface area contributed by atoms with Crippen molar-refractivity contribution in [2.24, 2.45) is 0 Å². The summed E-state index contributed by atoms with van der Waals surface area (Å²) in [7, 11) is 0. The molecule has 0 saturated heterocycles. The summed E-state index contributed by atoms with van der Waals surface area (Å²) in [6.45, 7) is 4.27. The van der Waals surface area contributed by atoms with Gasteiger partial charge in [0.2, 0.25) is 5.89 Å². The third kappa shape index (κ3) is 4.72. The highest BCUT2D eigenvalue weighted by atomic mass is 32.2. The number of esters is 1. The molecule has 0 radical (unpaired) electrons. The van der Waals surface area contributed by atoms with E-state index in [1.807, 2.05) is 37.4 Å². The Bertz CT molecular complexity index is 1780. The van der Waals surface area contributed by atoms with Crippen molar-refractivity contribution in [3.63, 3.8) is 0 Å². The lowest BCUT2D eigenvalue weighted by atomic mass is 9.81. The molecular formula is C31H26F2N2O5S. The molecule has 210 valence electrons. The van der Waals surface area contributed by atoms with Crippen LogP contribution in [-0.4, -0.2) is 35.4 Å². The van der Waals surface area contributed by atoms with Crippen LogP contribution in [0.5, 0.6) is 17.2 Å². The summed E-state index contributed by atoms with van der Waals surface area (Å²) in [6.07, 6.45) is 5.14. The molecule has 1 aliphatic rings. The number of nitrogens with zero attached hydrogens (tertiary/aromatic N) is 1. The molecule has 0 spiro atoms. The normalized spacial score (nSPS) is 16.0. The minimum absolute atomic E-state index is 0.0481. The molecule has 10 heteroatoms. The molecule has 5 aromatic rings. The lowest BCUT2D eigenvalue weighted by Gasteiger charge is -2.19. The van der Waals surface area contributed by atoms with E-state index in [9.17, 15) is 4.79 Å². The zero-order valence-corrected chi connectivity index (χ0v) is 23.4. The Morgan fingerprint density at radius 1 is 1.17 bits per heavy atom. The lowest BCUT2D eigenvalue weighted by Crippen LogP contribution is -2.25. The summed E-state index contributed by atoms with van der Waals surface area (Å²) >= 11 is 1.36. The monoisotopic (exact) mass is 576 g/mol. The Hall–Kier alpha value is -4.31. The second-order valence-electron chi connectivity index (χ2n) is 9.84. The molecule has 0 amide bonds. The van der Waals surface area contributed by atoms with Gasteiger partial charge in [0.05, 0.1) is 34.6 Å². The molecule has 6 rings (SSSR count). The van der Waals surface area contributed by atoms with Gasteiger partial charge in [0.15, 0.2) is 11.6 Å². The maximum atomic E-state index is 15.0. The van der Waals surface area contributed by atoms with Crippen molar-refractivity contribution in [1.82, 2.24) is 9.97 Å². The zero-order chi connectivity index (χ0) is 28.7. The van der Waals surface area contributed by atoms with E-state index in [0.717, 1.165) is 16.5 Å². The van der Waals surface area contributed by atoms with Gasteiger partial charge >= 0.3 is 5.97 Å². The molecule has 1 aliphatic heterocycles. The summed E-state index contributed by atoms with van der Waals surface area (Å²) < 4.78 is 52.9. The number of carbonyl (C=O) groups is 1. The largest absolute Gasteiger partial charge is 0.492 e. The molecular weight excluding hydrogens is 550 g/mol. The second kappa shape index (κ2) is 10.6. The molecule has 3 aromatic carbocycles. The quantitative estimate of drug-likeness (QED) is 0.152. The predicted molar refractivity (Wildman–Crippen MR) is 151 cm³/mol. The van der Waals surface area contributed by atoms with Crippen molar-refractivity contribution < 1.29 is 32.2 Å². The minimum atomic E-state index is -0.700. The van der Waals surface area contributed by atoms with E-state index < -0.39 is 17.0 Å². The van der Waals surface area contributed by atoms with Gasteiger partial charge in [-0.25, -0.2) is 13.8 Å². The van der Waals surface area contributed by atoms with Crippen molar-refractivity contribution in [1.29, 1.82) is 0 Å². The summed E-state index contributed by atoms with van der Waals surface area (Å²) in [4.78, 5) is 20.4. The number of fused-ring (bicyclic) bond motifs is 2. The van der Waals surface area contributed by atoms with E-state index in [1.165, 1.54) is 42.3 Å². The molecule has 1 atom stereocenters. The fourth-order valence-corrected chi connectivity index (χ4v) is 5.85. The van der Waals surface area contributed by atoms with Crippen LogP contribution in [0, 0.1) is 11.6 Å². The Morgan fingerprint density at radius 2 is 2.02 bits per heavy atom. The third-order valence-corrected chi connectivity index (χ3v) is 8.03. The van der Waals surface area contributed by atoms with Crippen LogP contribution in [0.3, 0.4) is 0 Å². The number of hydrogen-bond acceptors (Lipinski definition) is 7. The number of nitrogens with one attached hydrogen (secondary N) is 1. The molecule has 3 heterocycles. The number of oxazole rings is 1. The minimum Gasteiger partial charge on any atom is -0.492 e. The number of benzene rings is 3. The zero-order valence-electron chi connectivity index (χ0n) is 22.5. The first kappa shape index (κ1) is 26.9. The summed E-state index contributed by atoms with van der Waals surface area (Å²) in [5.41, 5.74) is 2.13. The Labute approximate surface area is 238 Å². The van der Waals surface area contributed by atoms with Crippen LogP contribution in [0.2, 0.25) is 0 Å². The molecule has 7 nitrogen and oxygen atoms in total. The molecule has 0 bridgehead atoms. The van der Waals surface area contributed by atoms with Gasteiger partial charge in [-0.1, -0.05) is 18.2 Å². The molecule has 2 aromatic heterocycles. The van der Waals surface area contributed by atoms with Gasteiger partial charge < -0.3 is 23.6 Å². The van der Waals surface area contributed by atoms with Gasteiger partial charge in [0.25, 0.3) is 0 Å². The smallest absolute Gasteiger partial charge is 0.310 e. The first-order valence-electron chi connectivity index (χ1n) is 13.0. The van der Waals surface area contributed by atoms with Crippen molar-refractivity contribution in [2.45, 2.75) is 30.6 Å². The number of aromatic nitrogens is 2. The number of H-pyrrole nitrogens is 1. The highest BCUT2D eigenvalue weighted by Gasteiger charge is 2.42. The van der Waals surface area contributed by atoms with Crippen LogP contribution in [-0.2, 0) is 21.4 Å². The standard InChI is InChI=1S/C31H26F2N2O5S/c1-4-37-26(36)12-17-6-5-7-21-27(17)39-16-31(21,2)25-15-38-30(35-25)20-13-18(8-9-22(20)32)40-28-23(33)14-24-19(10-11-34-24)29(28)41-3/h5-11,13-15,34H,4,12,16H2,1-3H3. The molecule has 41 heavy (non-hydrogen) atoms. The van der Waals surface area contributed by atoms with Crippen LogP contribution in [0.4, 0.5) is 8.78 Å². The fourth-order valence-electron chi connectivity index (χ4n) is 5.12. The number of carbonyl (C=O) groups excluding carboxylic acids is 1. The van der Waals surface area contributed by atoms with Gasteiger partial charge in [0.1, 0.15) is 30.2 Å². The van der Waals surface area contributed by atoms with E-state index in [4.69, 9.17) is 18.6 Å². The van der Waals surface area contributed by atoms with Gasteiger partial charge in [-0.3, -0.25) is 4.79 Å². The van der Waals surface area contributed by atoms with Crippen molar-refractivity contribution in [2.75, 3.05) is 19.5 Å². The second-order valence-corrected chi connectivity index (χ2v) is 10.7. The van der Waals surface area contributed by atoms with Crippen molar-refractivity contribution >= 4 is 28.6 Å². The highest BCUT2D eigenvalue weighted by Crippen LogP contribution is 2.46. The maximum absolute atomic E-state index is 15.0. The van der Waals surface area contributed by atoms with Gasteiger partial charge in [-0.2, -0.15) is 0 Å². The van der Waals surface area contributed by atoms with E-state index in [2.05, 4.69) is 9.97 Å². The van der Waals surface area contributed by atoms with Crippen LogP contribution < -0.4 is 9.47 Å². The van der Waals surface area contributed by atoms with E-state index in [-0.39, 0.29) is 42.0 Å². The van der Waals surface area contributed by atoms with Crippen molar-refractivity contribution in [3.8, 4) is 28.7 Å². The topological polar surface area (TPSA) is 86.6 Å². The van der Waals surface area contributed by atoms with Crippen LogP contribution in [0.25, 0.3) is 22.4 Å². The summed E-state index contributed by atoms with van der Waals surface area (Å²) in [6, 6.07) is 12.9. The van der Waals surface area contributed by atoms with Gasteiger partial charge in [-0.15, -0.1) is 11.8 Å². The Kier molecular flexibility index (Phi) is 6.94. The molecule has 1 N–H and O–H groups in total. The highest BCUT2D eigenvalue weighted by molar-refractivity contribution is 7.99. The average Bonchev–Trinajstić information content (AvgIpc) is 3.71. The first-order valence-corrected chi connectivity index (χ1v) is 14.2. The summed E-state index contributed by atoms with van der Waals surface area (Å²) in [5, 5.41) is 0.825. The number of ether oxygens (including phenoxy) is 3. The molecule has 0 saturated carbocycles. The van der Waals surface area contributed by atoms with Gasteiger partial charge in [0, 0.05) is 34.3 Å². The van der Waals surface area contributed by atoms with Gasteiger partial charge in [-0.05, 0) is 44.4 Å². The molecule has 1 unspecified atom stereocenters. The average molecular weight is 577 g/mol. The lowest BCUT2D eigenvalue weighted by molar-refractivity contribution is -0.142. The number of halogens is 2. The van der Waals surface area contributed by atoms with Crippen LogP contribution in [0.1, 0.15) is 30.7 Å². The Balaban J connectivity index is 1.31. The van der Waals surface area contributed by atoms with E-state index in [1.54, 1.807) is 13.1 Å². The fraction of sp³-hybridized carbons (Fsp3) is 0.226. The number of hydrogen-bond donors (Lipinski definition) is 1. The van der Waals surface area contributed by atoms with Crippen LogP contribution >= 0.6 is 11.8 Å². The number of thioether (sulfide) groups is 1. The number of rotatable bonds is 8. The predicted octanol–water partition coefficient (Wildman–Crippen LogP) is 7.42. The van der Waals surface area contributed by atoms with E-state index in [0.29, 0.717) is 28.5 Å². The molecule has 0 aliphatic carbocycles. The summed E-state index contributed by atoms with van der Waals surface area (Å²) in [5.74, 6) is -0.495. The maximum Gasteiger partial charge on any atom is 0.310 e. The van der Waals surface area contributed by atoms with E-state index >= 15 is 8.78 Å². The van der Waals surface area contributed by atoms with Crippen molar-refractivity contribution in [3.05, 3.63) is 89.4 Å². The first-order chi connectivity index (χ1) is 19.8. The SMILES string of the molecule is CCOC(=O)Cc1cccc2c1OCC2(C)c1coc(-c2cc(Oc3c(F)cc4[nH]ccc4c3SC)ccc2F)n1. The molecule has 0 fully saturated rings. The third-order valence-electron chi connectivity index (χ3n) is 7.22.